The van der Waals surface area contributed by atoms with Crippen molar-refractivity contribution >= 4 is 29.4 Å². The highest BCUT2D eigenvalue weighted by Gasteiger charge is 2.30. The predicted molar refractivity (Wildman–Crippen MR) is 179 cm³/mol. The van der Waals surface area contributed by atoms with Crippen LogP contribution in [0.5, 0.6) is 11.5 Å². The maximum atomic E-state index is 13.6. The lowest BCUT2D eigenvalue weighted by Gasteiger charge is -2.17. The monoisotopic (exact) mass is 691 g/mol. The fourth-order valence-corrected chi connectivity index (χ4v) is 5.10. The van der Waals surface area contributed by atoms with E-state index < -0.39 is 29.6 Å². The summed E-state index contributed by atoms with van der Waals surface area (Å²) in [6, 6.07) is 15.4. The minimum Gasteiger partial charge on any atom is -0.493 e. The zero-order chi connectivity index (χ0) is 36.7. The standard InChI is InChI=1S/C37H36F3N3O7/c1-21-18-25(36(47)49-6)20-30(48-5)33(21)50-31(44)9-7-8-23-11-17-29(28(19-23)35(46)43(3)4)42-34(45)27-16-10-22(2)41-32(27)24-12-14-26(15-13-24)37(38,39)40/h10-20H,7-9H2,1-6H3,(H,42,45). The molecule has 0 aliphatic carbocycles. The third-order valence-corrected chi connectivity index (χ3v) is 7.68. The Balaban J connectivity index is 1.50. The second kappa shape index (κ2) is 15.7. The number of carbonyl (C=O) groups excluding carboxylic acids is 4. The van der Waals surface area contributed by atoms with Gasteiger partial charge in [0.05, 0.1) is 47.9 Å². The number of ether oxygens (including phenoxy) is 3. The normalized spacial score (nSPS) is 11.1. The van der Waals surface area contributed by atoms with Crippen molar-refractivity contribution in [3.63, 3.8) is 0 Å². The first-order valence-electron chi connectivity index (χ1n) is 15.4. The van der Waals surface area contributed by atoms with E-state index in [0.717, 1.165) is 17.7 Å². The molecular formula is C37H36F3N3O7. The summed E-state index contributed by atoms with van der Waals surface area (Å²) in [6.07, 6.45) is -3.72. The summed E-state index contributed by atoms with van der Waals surface area (Å²) in [6.45, 7) is 3.37. The number of methoxy groups -OCH3 is 2. The number of anilines is 1. The largest absolute Gasteiger partial charge is 0.493 e. The lowest BCUT2D eigenvalue weighted by molar-refractivity contribution is -0.137. The van der Waals surface area contributed by atoms with Crippen LogP contribution in [0.25, 0.3) is 11.3 Å². The highest BCUT2D eigenvalue weighted by molar-refractivity contribution is 6.11. The van der Waals surface area contributed by atoms with E-state index in [9.17, 15) is 32.3 Å². The Hall–Kier alpha value is -5.72. The van der Waals surface area contributed by atoms with Crippen molar-refractivity contribution < 1.29 is 46.6 Å². The van der Waals surface area contributed by atoms with Crippen LogP contribution in [-0.4, -0.2) is 62.0 Å². The summed E-state index contributed by atoms with van der Waals surface area (Å²) < 4.78 is 55.1. The molecule has 0 spiro atoms. The Morgan fingerprint density at radius 1 is 0.880 bits per heavy atom. The van der Waals surface area contributed by atoms with Gasteiger partial charge < -0.3 is 24.4 Å². The van der Waals surface area contributed by atoms with Gasteiger partial charge >= 0.3 is 18.1 Å². The van der Waals surface area contributed by atoms with Crippen molar-refractivity contribution in [2.45, 2.75) is 39.3 Å². The Morgan fingerprint density at radius 3 is 2.20 bits per heavy atom. The third-order valence-electron chi connectivity index (χ3n) is 7.68. The first kappa shape index (κ1) is 37.1. The Morgan fingerprint density at radius 2 is 1.58 bits per heavy atom. The van der Waals surface area contributed by atoms with Crippen LogP contribution in [0, 0.1) is 13.8 Å². The molecule has 13 heteroatoms. The number of amides is 2. The molecule has 50 heavy (non-hydrogen) atoms. The number of nitrogens with zero attached hydrogens (tertiary/aromatic N) is 2. The summed E-state index contributed by atoms with van der Waals surface area (Å²) in [5.74, 6) is -1.69. The smallest absolute Gasteiger partial charge is 0.416 e. The van der Waals surface area contributed by atoms with Gasteiger partial charge in [0.1, 0.15) is 0 Å². The Kier molecular flexibility index (Phi) is 11.6. The van der Waals surface area contributed by atoms with Crippen molar-refractivity contribution in [2.75, 3.05) is 33.6 Å². The molecule has 0 atom stereocenters. The maximum absolute atomic E-state index is 13.6. The van der Waals surface area contributed by atoms with Crippen LogP contribution in [0.2, 0.25) is 0 Å². The second-order valence-electron chi connectivity index (χ2n) is 11.6. The van der Waals surface area contributed by atoms with E-state index in [0.29, 0.717) is 29.7 Å². The first-order chi connectivity index (χ1) is 23.6. The lowest BCUT2D eigenvalue weighted by atomic mass is 10.0. The molecular weight excluding hydrogens is 655 g/mol. The number of aryl methyl sites for hydroxylation is 3. The first-order valence-corrected chi connectivity index (χ1v) is 15.4. The average Bonchev–Trinajstić information content (AvgIpc) is 3.08. The van der Waals surface area contributed by atoms with Gasteiger partial charge in [-0.3, -0.25) is 19.4 Å². The molecule has 0 radical (unpaired) electrons. The zero-order valence-corrected chi connectivity index (χ0v) is 28.4. The fourth-order valence-electron chi connectivity index (χ4n) is 5.10. The van der Waals surface area contributed by atoms with Crippen LogP contribution in [0.15, 0.2) is 66.7 Å². The number of aromatic nitrogens is 1. The number of pyridine rings is 1. The van der Waals surface area contributed by atoms with E-state index in [-0.39, 0.29) is 51.9 Å². The van der Waals surface area contributed by atoms with Crippen molar-refractivity contribution in [3.05, 3.63) is 106 Å². The quantitative estimate of drug-likeness (QED) is 0.131. The molecule has 1 heterocycles. The second-order valence-corrected chi connectivity index (χ2v) is 11.6. The molecule has 4 rings (SSSR count). The van der Waals surface area contributed by atoms with Gasteiger partial charge in [0.15, 0.2) is 11.5 Å². The molecule has 2 amide bonds. The van der Waals surface area contributed by atoms with Gasteiger partial charge in [-0.2, -0.15) is 13.2 Å². The van der Waals surface area contributed by atoms with Crippen LogP contribution < -0.4 is 14.8 Å². The van der Waals surface area contributed by atoms with Gasteiger partial charge in [-0.25, -0.2) is 4.79 Å². The molecule has 0 fully saturated rings. The summed E-state index contributed by atoms with van der Waals surface area (Å²) in [5, 5.41) is 2.77. The topological polar surface area (TPSA) is 124 Å². The lowest BCUT2D eigenvalue weighted by Crippen LogP contribution is -2.24. The number of nitrogens with one attached hydrogen (secondary N) is 1. The number of hydrogen-bond donors (Lipinski definition) is 1. The summed E-state index contributed by atoms with van der Waals surface area (Å²) >= 11 is 0. The van der Waals surface area contributed by atoms with Crippen LogP contribution >= 0.6 is 0 Å². The number of hydrogen-bond acceptors (Lipinski definition) is 8. The van der Waals surface area contributed by atoms with Gasteiger partial charge in [-0.1, -0.05) is 18.2 Å². The summed E-state index contributed by atoms with van der Waals surface area (Å²) in [7, 11) is 5.78. The van der Waals surface area contributed by atoms with E-state index in [1.54, 1.807) is 52.2 Å². The highest BCUT2D eigenvalue weighted by Crippen LogP contribution is 2.34. The molecule has 262 valence electrons. The molecule has 0 aliphatic heterocycles. The Labute approximate surface area is 287 Å². The number of carbonyl (C=O) groups is 4. The van der Waals surface area contributed by atoms with Crippen LogP contribution in [0.4, 0.5) is 18.9 Å². The van der Waals surface area contributed by atoms with Gasteiger partial charge in [-0.05, 0) is 86.3 Å². The van der Waals surface area contributed by atoms with Crippen LogP contribution in [0.1, 0.15) is 66.3 Å². The zero-order valence-electron chi connectivity index (χ0n) is 28.4. The van der Waals surface area contributed by atoms with Crippen molar-refractivity contribution in [3.8, 4) is 22.8 Å². The van der Waals surface area contributed by atoms with E-state index in [1.807, 2.05) is 0 Å². The van der Waals surface area contributed by atoms with E-state index >= 15 is 0 Å². The van der Waals surface area contributed by atoms with Crippen LogP contribution in [-0.2, 0) is 22.1 Å². The number of halogens is 3. The van der Waals surface area contributed by atoms with E-state index in [2.05, 4.69) is 10.3 Å². The SMILES string of the molecule is COC(=O)c1cc(C)c(OC(=O)CCCc2ccc(NC(=O)c3ccc(C)nc3-c3ccc(C(F)(F)F)cc3)c(C(=O)N(C)C)c2)c(OC)c1. The molecule has 4 aromatic rings. The number of alkyl halides is 3. The molecule has 0 saturated carbocycles. The average molecular weight is 692 g/mol. The molecule has 0 bridgehead atoms. The van der Waals surface area contributed by atoms with Gasteiger partial charge in [0.25, 0.3) is 11.8 Å². The Bertz CT molecular complexity index is 1920. The number of rotatable bonds is 11. The minimum absolute atomic E-state index is 0.0317. The van der Waals surface area contributed by atoms with Crippen molar-refractivity contribution in [1.82, 2.24) is 9.88 Å². The maximum Gasteiger partial charge on any atom is 0.416 e. The van der Waals surface area contributed by atoms with Crippen LogP contribution in [0.3, 0.4) is 0 Å². The molecule has 0 aliphatic rings. The van der Waals surface area contributed by atoms with Crippen molar-refractivity contribution in [1.29, 1.82) is 0 Å². The predicted octanol–water partition coefficient (Wildman–Crippen LogP) is 7.06. The third kappa shape index (κ3) is 8.84. The molecule has 0 saturated heterocycles. The molecule has 1 aromatic heterocycles. The fraction of sp³-hybridized carbons (Fsp3) is 0.270. The van der Waals surface area contributed by atoms with Gasteiger partial charge in [0, 0.05) is 31.8 Å². The minimum atomic E-state index is -4.52. The number of benzene rings is 3. The van der Waals surface area contributed by atoms with Crippen molar-refractivity contribution in [2.24, 2.45) is 0 Å². The van der Waals surface area contributed by atoms with E-state index in [4.69, 9.17) is 14.2 Å². The highest BCUT2D eigenvalue weighted by atomic mass is 19.4. The van der Waals surface area contributed by atoms with Gasteiger partial charge in [0.2, 0.25) is 0 Å². The molecule has 10 nitrogen and oxygen atoms in total. The molecule has 0 unspecified atom stereocenters. The number of esters is 2. The summed E-state index contributed by atoms with van der Waals surface area (Å²) in [4.78, 5) is 57.2. The van der Waals surface area contributed by atoms with E-state index in [1.165, 1.54) is 49.5 Å². The van der Waals surface area contributed by atoms with Gasteiger partial charge in [-0.15, -0.1) is 0 Å². The molecule has 1 N–H and O–H groups in total. The summed E-state index contributed by atoms with van der Waals surface area (Å²) in [5.41, 5.74) is 2.23. The molecule has 3 aromatic carbocycles.